The van der Waals surface area contributed by atoms with Gasteiger partial charge in [-0.15, -0.1) is 0 Å². The number of carbonyl (C=O) groups is 2. The lowest BCUT2D eigenvalue weighted by atomic mass is 9.93. The van der Waals surface area contributed by atoms with Crippen molar-refractivity contribution < 1.29 is 9.59 Å². The van der Waals surface area contributed by atoms with Crippen LogP contribution in [0.3, 0.4) is 0 Å². The summed E-state index contributed by atoms with van der Waals surface area (Å²) in [5.41, 5.74) is 5.58. The van der Waals surface area contributed by atoms with E-state index < -0.39 is 0 Å². The standard InChI is InChI=1S/C32H36N4O2/c1-23-17-18-27(24(2)19-23)32(38)33-20-30-34-28-15-9-10-16-29(28)36(30)22-31(37)35(26-13-7-4-8-14-26)21-25-11-5-3-6-12-25/h3,5-6,9-12,15-19,26H,4,7-8,13-14,20-22H2,1-2H3,(H,33,38). The van der Waals surface area contributed by atoms with Crippen LogP contribution in [0, 0.1) is 13.8 Å². The molecule has 1 N–H and O–H groups in total. The average Bonchev–Trinajstić information content (AvgIpc) is 3.28. The van der Waals surface area contributed by atoms with Gasteiger partial charge in [-0.25, -0.2) is 4.98 Å². The van der Waals surface area contributed by atoms with Crippen LogP contribution in [0.15, 0.2) is 72.8 Å². The normalized spacial score (nSPS) is 13.9. The third-order valence-corrected chi connectivity index (χ3v) is 7.59. The number of aromatic nitrogens is 2. The molecule has 1 aromatic heterocycles. The second-order valence-electron chi connectivity index (χ2n) is 10.4. The van der Waals surface area contributed by atoms with Crippen molar-refractivity contribution in [3.63, 3.8) is 0 Å². The van der Waals surface area contributed by atoms with Gasteiger partial charge in [-0.3, -0.25) is 9.59 Å². The number of fused-ring (bicyclic) bond motifs is 1. The highest BCUT2D eigenvalue weighted by Crippen LogP contribution is 2.25. The summed E-state index contributed by atoms with van der Waals surface area (Å²) in [4.78, 5) is 33.8. The van der Waals surface area contributed by atoms with Crippen LogP contribution in [0.1, 0.15) is 65.0 Å². The number of para-hydroxylation sites is 2. The maximum atomic E-state index is 13.9. The van der Waals surface area contributed by atoms with Gasteiger partial charge in [0.1, 0.15) is 12.4 Å². The van der Waals surface area contributed by atoms with Crippen LogP contribution in [0.25, 0.3) is 11.0 Å². The number of hydrogen-bond donors (Lipinski definition) is 1. The van der Waals surface area contributed by atoms with Crippen molar-refractivity contribution in [2.45, 2.75) is 71.6 Å². The van der Waals surface area contributed by atoms with Gasteiger partial charge >= 0.3 is 0 Å². The molecule has 3 aromatic carbocycles. The third kappa shape index (κ3) is 5.80. The minimum absolute atomic E-state index is 0.0888. The van der Waals surface area contributed by atoms with Gasteiger partial charge in [0.25, 0.3) is 5.91 Å². The van der Waals surface area contributed by atoms with Crippen molar-refractivity contribution in [3.05, 3.63) is 101 Å². The number of benzene rings is 3. The number of imidazole rings is 1. The maximum Gasteiger partial charge on any atom is 0.251 e. The number of aryl methyl sites for hydroxylation is 2. The monoisotopic (exact) mass is 508 g/mol. The van der Waals surface area contributed by atoms with Crippen LogP contribution in [0.5, 0.6) is 0 Å². The highest BCUT2D eigenvalue weighted by atomic mass is 16.2. The molecule has 1 aliphatic rings. The molecule has 1 heterocycles. The highest BCUT2D eigenvalue weighted by molar-refractivity contribution is 5.95. The molecule has 2 amide bonds. The van der Waals surface area contributed by atoms with Crippen molar-refractivity contribution in [3.8, 4) is 0 Å². The quantitative estimate of drug-likeness (QED) is 0.320. The fourth-order valence-electron chi connectivity index (χ4n) is 5.58. The number of hydrogen-bond acceptors (Lipinski definition) is 3. The van der Waals surface area contributed by atoms with E-state index in [4.69, 9.17) is 4.98 Å². The molecule has 1 aliphatic carbocycles. The molecule has 1 fully saturated rings. The molecule has 6 heteroatoms. The van der Waals surface area contributed by atoms with Gasteiger partial charge in [0.05, 0.1) is 17.6 Å². The van der Waals surface area contributed by atoms with Crippen LogP contribution in [0.4, 0.5) is 0 Å². The fourth-order valence-corrected chi connectivity index (χ4v) is 5.58. The van der Waals surface area contributed by atoms with E-state index >= 15 is 0 Å². The summed E-state index contributed by atoms with van der Waals surface area (Å²) in [7, 11) is 0. The van der Waals surface area contributed by atoms with Crippen LogP contribution in [-0.2, 0) is 24.4 Å². The molecule has 0 atom stereocenters. The molecule has 1 saturated carbocycles. The summed E-state index contributed by atoms with van der Waals surface area (Å²) in [6, 6.07) is 24.2. The van der Waals surface area contributed by atoms with Gasteiger partial charge in [-0.05, 0) is 56.0 Å². The lowest BCUT2D eigenvalue weighted by molar-refractivity contribution is -0.135. The molecule has 0 spiro atoms. The first kappa shape index (κ1) is 25.7. The van der Waals surface area contributed by atoms with Gasteiger partial charge in [0.15, 0.2) is 0 Å². The zero-order chi connectivity index (χ0) is 26.5. The van der Waals surface area contributed by atoms with E-state index in [0.717, 1.165) is 53.4 Å². The van der Waals surface area contributed by atoms with Crippen molar-refractivity contribution >= 4 is 22.8 Å². The van der Waals surface area contributed by atoms with Crippen molar-refractivity contribution in [2.24, 2.45) is 0 Å². The molecule has 196 valence electrons. The lowest BCUT2D eigenvalue weighted by Gasteiger charge is -2.35. The Morgan fingerprint density at radius 2 is 1.68 bits per heavy atom. The first-order chi connectivity index (χ1) is 18.5. The van der Waals surface area contributed by atoms with Gasteiger partial charge in [-0.2, -0.15) is 0 Å². The zero-order valence-electron chi connectivity index (χ0n) is 22.3. The molecular weight excluding hydrogens is 472 g/mol. The SMILES string of the molecule is Cc1ccc(C(=O)NCc2nc3ccccc3n2CC(=O)N(Cc2ccccc2)C2CCCCC2)c(C)c1. The zero-order valence-corrected chi connectivity index (χ0v) is 22.3. The van der Waals surface area contributed by atoms with Gasteiger partial charge in [0, 0.05) is 18.2 Å². The molecule has 0 bridgehead atoms. The Bertz CT molecular complexity index is 1420. The summed E-state index contributed by atoms with van der Waals surface area (Å²) in [6.07, 6.45) is 5.64. The minimum atomic E-state index is -0.139. The van der Waals surface area contributed by atoms with E-state index in [1.165, 1.54) is 6.42 Å². The number of amides is 2. The topological polar surface area (TPSA) is 67.2 Å². The first-order valence-electron chi connectivity index (χ1n) is 13.6. The Morgan fingerprint density at radius 1 is 0.947 bits per heavy atom. The van der Waals surface area contributed by atoms with Gasteiger partial charge in [0.2, 0.25) is 5.91 Å². The van der Waals surface area contributed by atoms with E-state index in [2.05, 4.69) is 22.3 Å². The Kier molecular flexibility index (Phi) is 7.87. The molecule has 6 nitrogen and oxygen atoms in total. The third-order valence-electron chi connectivity index (χ3n) is 7.59. The predicted octanol–water partition coefficient (Wildman–Crippen LogP) is 5.94. The van der Waals surface area contributed by atoms with Crippen molar-refractivity contribution in [1.82, 2.24) is 19.8 Å². The first-order valence-corrected chi connectivity index (χ1v) is 13.6. The molecule has 38 heavy (non-hydrogen) atoms. The molecule has 4 aromatic rings. The largest absolute Gasteiger partial charge is 0.345 e. The van der Waals surface area contributed by atoms with E-state index in [0.29, 0.717) is 17.9 Å². The summed E-state index contributed by atoms with van der Waals surface area (Å²) in [5, 5.41) is 3.04. The Balaban J connectivity index is 1.39. The molecule has 0 unspecified atom stereocenters. The summed E-state index contributed by atoms with van der Waals surface area (Å²) >= 11 is 0. The fraction of sp³-hybridized carbons (Fsp3) is 0.344. The number of carbonyl (C=O) groups excluding carboxylic acids is 2. The van der Waals surface area contributed by atoms with Crippen LogP contribution in [0.2, 0.25) is 0 Å². The summed E-state index contributed by atoms with van der Waals surface area (Å²) < 4.78 is 1.97. The smallest absolute Gasteiger partial charge is 0.251 e. The highest BCUT2D eigenvalue weighted by Gasteiger charge is 2.27. The molecule has 0 aliphatic heterocycles. The molecule has 5 rings (SSSR count). The van der Waals surface area contributed by atoms with E-state index in [1.54, 1.807) is 0 Å². The van der Waals surface area contributed by atoms with Crippen LogP contribution in [-0.4, -0.2) is 32.3 Å². The molecule has 0 saturated heterocycles. The summed E-state index contributed by atoms with van der Waals surface area (Å²) in [6.45, 7) is 5.01. The van der Waals surface area contributed by atoms with Crippen LogP contribution < -0.4 is 5.32 Å². The lowest BCUT2D eigenvalue weighted by Crippen LogP contribution is -2.42. The van der Waals surface area contributed by atoms with E-state index in [9.17, 15) is 9.59 Å². The minimum Gasteiger partial charge on any atom is -0.345 e. The number of nitrogens with zero attached hydrogens (tertiary/aromatic N) is 3. The second-order valence-corrected chi connectivity index (χ2v) is 10.4. The maximum absolute atomic E-state index is 13.9. The number of nitrogens with one attached hydrogen (secondary N) is 1. The summed E-state index contributed by atoms with van der Waals surface area (Å²) in [5.74, 6) is 0.632. The van der Waals surface area contributed by atoms with Gasteiger partial charge < -0.3 is 14.8 Å². The van der Waals surface area contributed by atoms with E-state index in [1.807, 2.05) is 79.1 Å². The Labute approximate surface area is 224 Å². The second kappa shape index (κ2) is 11.6. The Hall–Kier alpha value is -3.93. The molecule has 0 radical (unpaired) electrons. The van der Waals surface area contributed by atoms with Crippen LogP contribution >= 0.6 is 0 Å². The average molecular weight is 509 g/mol. The molecular formula is C32H36N4O2. The predicted molar refractivity (Wildman–Crippen MR) is 151 cm³/mol. The van der Waals surface area contributed by atoms with Crippen molar-refractivity contribution in [2.75, 3.05) is 0 Å². The van der Waals surface area contributed by atoms with Crippen molar-refractivity contribution in [1.29, 1.82) is 0 Å². The Morgan fingerprint density at radius 3 is 2.45 bits per heavy atom. The van der Waals surface area contributed by atoms with E-state index in [-0.39, 0.29) is 30.9 Å². The number of rotatable bonds is 8. The van der Waals surface area contributed by atoms with Gasteiger partial charge in [-0.1, -0.05) is 79.4 Å².